The Morgan fingerprint density at radius 3 is 2.50 bits per heavy atom. The highest BCUT2D eigenvalue weighted by molar-refractivity contribution is 7.79. The molecule has 1 N–H and O–H groups in total. The van der Waals surface area contributed by atoms with Crippen molar-refractivity contribution in [2.45, 2.75) is 33.1 Å². The van der Waals surface area contributed by atoms with Crippen LogP contribution in [0.3, 0.4) is 0 Å². The molecule has 0 bridgehead atoms. The van der Waals surface area contributed by atoms with E-state index in [-0.39, 0.29) is 0 Å². The molecule has 0 rings (SSSR count). The maximum absolute atomic E-state index is 10.2. The highest BCUT2D eigenvalue weighted by atomic mass is 32.2. The van der Waals surface area contributed by atoms with Crippen molar-refractivity contribution in [1.82, 2.24) is 0 Å². The van der Waals surface area contributed by atoms with Crippen LogP contribution in [-0.4, -0.2) is 14.5 Å². The van der Waals surface area contributed by atoms with Crippen LogP contribution in [-0.2, 0) is 11.1 Å². The number of hydrogen-bond donors (Lipinski definition) is 1. The van der Waals surface area contributed by atoms with E-state index in [1.54, 1.807) is 0 Å². The highest BCUT2D eigenvalue weighted by Gasteiger charge is 2.01. The maximum atomic E-state index is 10.2. The fourth-order valence-corrected chi connectivity index (χ4v) is 1.54. The van der Waals surface area contributed by atoms with Crippen molar-refractivity contribution in [3.8, 4) is 0 Å². The van der Waals surface area contributed by atoms with Crippen molar-refractivity contribution >= 4 is 11.1 Å². The van der Waals surface area contributed by atoms with Crippen LogP contribution in [0.2, 0.25) is 0 Å². The molecule has 0 fully saturated rings. The largest absolute Gasteiger partial charge is 0.306 e. The lowest BCUT2D eigenvalue weighted by Gasteiger charge is -2.06. The minimum Gasteiger partial charge on any atom is -0.306 e. The van der Waals surface area contributed by atoms with Crippen LogP contribution in [0.15, 0.2) is 0 Å². The molecule has 2 unspecified atom stereocenters. The lowest BCUT2D eigenvalue weighted by atomic mass is 10.0. The first-order valence-electron chi connectivity index (χ1n) is 3.74. The van der Waals surface area contributed by atoms with Crippen LogP contribution in [0.25, 0.3) is 0 Å². The molecule has 0 heterocycles. The fourth-order valence-electron chi connectivity index (χ4n) is 0.939. The Hall–Kier alpha value is 0.110. The number of hydrogen-bond acceptors (Lipinski definition) is 1. The van der Waals surface area contributed by atoms with Crippen LogP contribution >= 0.6 is 0 Å². The summed E-state index contributed by atoms with van der Waals surface area (Å²) in [5.74, 6) is 1.03. The van der Waals surface area contributed by atoms with Gasteiger partial charge >= 0.3 is 0 Å². The molecule has 0 saturated heterocycles. The summed E-state index contributed by atoms with van der Waals surface area (Å²) >= 11 is -1.59. The Bertz CT molecular complexity index is 104. The molecule has 0 saturated carbocycles. The van der Waals surface area contributed by atoms with E-state index in [4.69, 9.17) is 4.55 Å². The number of rotatable bonds is 5. The van der Waals surface area contributed by atoms with Crippen LogP contribution < -0.4 is 0 Å². The lowest BCUT2D eigenvalue weighted by Crippen LogP contribution is -2.02. The molecular weight excluding hydrogens is 148 g/mol. The third kappa shape index (κ3) is 6.23. The molecule has 2 atom stereocenters. The average Bonchev–Trinajstić information content (AvgIpc) is 1.85. The predicted molar refractivity (Wildman–Crippen MR) is 44.3 cm³/mol. The normalized spacial score (nSPS) is 16.7. The lowest BCUT2D eigenvalue weighted by molar-refractivity contribution is 0.497. The second-order valence-corrected chi connectivity index (χ2v) is 3.76. The summed E-state index contributed by atoms with van der Waals surface area (Å²) in [5, 5.41) is 0. The molecule has 0 aromatic carbocycles. The SMILES string of the molecule is CCCC(C)CCS(=O)O. The molecule has 0 aromatic heterocycles. The molecule has 62 valence electrons. The zero-order valence-corrected chi connectivity index (χ0v) is 7.49. The Labute approximate surface area is 65.3 Å². The van der Waals surface area contributed by atoms with Gasteiger partial charge < -0.3 is 4.55 Å². The van der Waals surface area contributed by atoms with Gasteiger partial charge in [0.05, 0.1) is 0 Å². The zero-order valence-electron chi connectivity index (χ0n) is 6.67. The first-order valence-corrected chi connectivity index (χ1v) is 5.01. The van der Waals surface area contributed by atoms with Gasteiger partial charge in [-0.25, -0.2) is 4.21 Å². The molecule has 0 aliphatic heterocycles. The van der Waals surface area contributed by atoms with Crippen molar-refractivity contribution in [3.63, 3.8) is 0 Å². The van der Waals surface area contributed by atoms with Crippen molar-refractivity contribution in [1.29, 1.82) is 0 Å². The molecule has 0 spiro atoms. The molecule has 0 amide bonds. The van der Waals surface area contributed by atoms with E-state index in [0.29, 0.717) is 11.7 Å². The summed E-state index contributed by atoms with van der Waals surface area (Å²) in [6.07, 6.45) is 3.20. The summed E-state index contributed by atoms with van der Waals surface area (Å²) in [4.78, 5) is 0. The molecule has 3 heteroatoms. The van der Waals surface area contributed by atoms with Gasteiger partial charge in [-0.3, -0.25) is 0 Å². The quantitative estimate of drug-likeness (QED) is 0.631. The first kappa shape index (κ1) is 10.1. The van der Waals surface area contributed by atoms with Gasteiger partial charge in [-0.15, -0.1) is 0 Å². The van der Waals surface area contributed by atoms with E-state index in [1.165, 1.54) is 6.42 Å². The third-order valence-corrected chi connectivity index (χ3v) is 2.15. The van der Waals surface area contributed by atoms with Gasteiger partial charge in [-0.05, 0) is 12.3 Å². The van der Waals surface area contributed by atoms with Crippen LogP contribution in [0.1, 0.15) is 33.1 Å². The van der Waals surface area contributed by atoms with Gasteiger partial charge in [0.15, 0.2) is 11.1 Å². The van der Waals surface area contributed by atoms with Crippen LogP contribution in [0.5, 0.6) is 0 Å². The van der Waals surface area contributed by atoms with Crippen molar-refractivity contribution in [2.24, 2.45) is 5.92 Å². The minimum absolute atomic E-state index is 0.432. The van der Waals surface area contributed by atoms with Gasteiger partial charge in [0.2, 0.25) is 0 Å². The maximum Gasteiger partial charge on any atom is 0.152 e. The Morgan fingerprint density at radius 2 is 2.10 bits per heavy atom. The average molecular weight is 164 g/mol. The van der Waals surface area contributed by atoms with E-state index in [0.717, 1.165) is 12.8 Å². The summed E-state index contributed by atoms with van der Waals surface area (Å²) in [6, 6.07) is 0. The summed E-state index contributed by atoms with van der Waals surface area (Å²) in [5.41, 5.74) is 0. The predicted octanol–water partition coefficient (Wildman–Crippen LogP) is 2.03. The topological polar surface area (TPSA) is 37.3 Å². The van der Waals surface area contributed by atoms with Gasteiger partial charge in [0.1, 0.15) is 0 Å². The zero-order chi connectivity index (χ0) is 7.98. The van der Waals surface area contributed by atoms with E-state index in [9.17, 15) is 4.21 Å². The Kier molecular flexibility index (Phi) is 5.93. The van der Waals surface area contributed by atoms with E-state index < -0.39 is 11.1 Å². The van der Waals surface area contributed by atoms with E-state index in [2.05, 4.69) is 13.8 Å². The smallest absolute Gasteiger partial charge is 0.152 e. The van der Waals surface area contributed by atoms with E-state index in [1.807, 2.05) is 0 Å². The fraction of sp³-hybridized carbons (Fsp3) is 1.00. The van der Waals surface area contributed by atoms with Crippen LogP contribution in [0.4, 0.5) is 0 Å². The van der Waals surface area contributed by atoms with Crippen LogP contribution in [0, 0.1) is 5.92 Å². The Morgan fingerprint density at radius 1 is 1.50 bits per heavy atom. The summed E-state index contributed by atoms with van der Waals surface area (Å²) < 4.78 is 18.7. The molecule has 0 aliphatic rings. The molecule has 10 heavy (non-hydrogen) atoms. The molecule has 0 aromatic rings. The monoisotopic (exact) mass is 164 g/mol. The van der Waals surface area contributed by atoms with E-state index >= 15 is 0 Å². The van der Waals surface area contributed by atoms with Gasteiger partial charge in [0, 0.05) is 5.75 Å². The van der Waals surface area contributed by atoms with Gasteiger partial charge in [0.25, 0.3) is 0 Å². The minimum atomic E-state index is -1.59. The second-order valence-electron chi connectivity index (χ2n) is 2.71. The molecule has 0 aliphatic carbocycles. The highest BCUT2D eigenvalue weighted by Crippen LogP contribution is 2.09. The first-order chi connectivity index (χ1) is 4.66. The standard InChI is InChI=1S/C7H16O2S/c1-3-4-7(2)5-6-10(8)9/h7H,3-6H2,1-2H3,(H,8,9). The van der Waals surface area contributed by atoms with Gasteiger partial charge in [-0.1, -0.05) is 26.7 Å². The molecule has 0 radical (unpaired) electrons. The third-order valence-electron chi connectivity index (χ3n) is 1.57. The summed E-state index contributed by atoms with van der Waals surface area (Å²) in [6.45, 7) is 4.25. The van der Waals surface area contributed by atoms with Crippen molar-refractivity contribution in [3.05, 3.63) is 0 Å². The molecule has 2 nitrogen and oxygen atoms in total. The van der Waals surface area contributed by atoms with Gasteiger partial charge in [-0.2, -0.15) is 0 Å². The van der Waals surface area contributed by atoms with Crippen molar-refractivity contribution in [2.75, 3.05) is 5.75 Å². The second kappa shape index (κ2) is 5.86. The molecular formula is C7H16O2S. The summed E-state index contributed by atoms with van der Waals surface area (Å²) in [7, 11) is 0. The Balaban J connectivity index is 3.21. The van der Waals surface area contributed by atoms with Crippen molar-refractivity contribution < 1.29 is 8.76 Å².